The van der Waals surface area contributed by atoms with E-state index in [1.54, 1.807) is 6.07 Å². The molecule has 8 heteroatoms. The van der Waals surface area contributed by atoms with Crippen LogP contribution in [0.4, 0.5) is 11.5 Å². The van der Waals surface area contributed by atoms with Crippen LogP contribution in [0.3, 0.4) is 0 Å². The molecule has 0 spiro atoms. The molecular weight excluding hydrogens is 288 g/mol. The minimum Gasteiger partial charge on any atom is -0.477 e. The molecule has 0 radical (unpaired) electrons. The Morgan fingerprint density at radius 2 is 2.09 bits per heavy atom. The van der Waals surface area contributed by atoms with Gasteiger partial charge in [-0.1, -0.05) is 12.1 Å². The van der Waals surface area contributed by atoms with Crippen molar-refractivity contribution in [3.05, 3.63) is 46.1 Å². The molecule has 0 unspecified atom stereocenters. The van der Waals surface area contributed by atoms with Crippen LogP contribution in [0.2, 0.25) is 0 Å². The van der Waals surface area contributed by atoms with Gasteiger partial charge in [-0.2, -0.15) is 0 Å². The van der Waals surface area contributed by atoms with Crippen molar-refractivity contribution in [3.63, 3.8) is 0 Å². The molecule has 3 rings (SSSR count). The van der Waals surface area contributed by atoms with Crippen LogP contribution in [-0.4, -0.2) is 32.0 Å². The molecular formula is C14H12N4O4. The van der Waals surface area contributed by atoms with E-state index in [1.165, 1.54) is 24.3 Å². The lowest BCUT2D eigenvalue weighted by atomic mass is 10.2. The zero-order valence-electron chi connectivity index (χ0n) is 11.4. The van der Waals surface area contributed by atoms with Gasteiger partial charge in [-0.15, -0.1) is 0 Å². The number of carboxylic acid groups (broad SMARTS) is 1. The van der Waals surface area contributed by atoms with Gasteiger partial charge in [0.05, 0.1) is 4.92 Å². The summed E-state index contributed by atoms with van der Waals surface area (Å²) in [5, 5.41) is 23.1. The fraction of sp³-hybridized carbons (Fsp3) is 0.214. The molecule has 22 heavy (non-hydrogen) atoms. The summed E-state index contributed by atoms with van der Waals surface area (Å²) < 4.78 is 0. The second-order valence-electron chi connectivity index (χ2n) is 4.99. The predicted molar refractivity (Wildman–Crippen MR) is 77.7 cm³/mol. The Labute approximate surface area is 125 Å². The van der Waals surface area contributed by atoms with Gasteiger partial charge in [0.15, 0.2) is 11.5 Å². The number of nitro groups is 1. The maximum Gasteiger partial charge on any atom is 0.354 e. The van der Waals surface area contributed by atoms with Crippen molar-refractivity contribution in [1.82, 2.24) is 9.97 Å². The lowest BCUT2D eigenvalue weighted by Crippen LogP contribution is -2.09. The molecule has 1 fully saturated rings. The number of aromatic nitrogens is 2. The van der Waals surface area contributed by atoms with Crippen LogP contribution in [-0.2, 0) is 0 Å². The zero-order valence-corrected chi connectivity index (χ0v) is 11.4. The molecule has 2 aromatic rings. The number of hydrogen-bond acceptors (Lipinski definition) is 6. The van der Waals surface area contributed by atoms with E-state index in [9.17, 15) is 14.9 Å². The summed E-state index contributed by atoms with van der Waals surface area (Å²) in [6.07, 6.45) is 2.02. The van der Waals surface area contributed by atoms with Crippen molar-refractivity contribution in [1.29, 1.82) is 0 Å². The number of benzene rings is 1. The molecule has 2 N–H and O–H groups in total. The number of nitrogens with one attached hydrogen (secondary N) is 1. The smallest absolute Gasteiger partial charge is 0.354 e. The molecule has 1 aromatic heterocycles. The number of hydrogen-bond donors (Lipinski definition) is 2. The van der Waals surface area contributed by atoms with Crippen LogP contribution < -0.4 is 5.32 Å². The first-order valence-corrected chi connectivity index (χ1v) is 6.66. The third-order valence-electron chi connectivity index (χ3n) is 3.19. The number of carboxylic acids is 1. The monoisotopic (exact) mass is 300 g/mol. The Kier molecular flexibility index (Phi) is 3.42. The SMILES string of the molecule is O=C(O)c1cc(NC2CC2)nc(-c2cccc([N+](=O)[O-])c2)n1. The standard InChI is InChI=1S/C14H12N4O4/c19-14(20)11-7-12(15-9-4-5-9)17-13(16-11)8-2-1-3-10(6-8)18(21)22/h1-3,6-7,9H,4-5H2,(H,19,20)(H,15,16,17). The lowest BCUT2D eigenvalue weighted by Gasteiger charge is -2.07. The number of nitrogens with zero attached hydrogens (tertiary/aromatic N) is 3. The third-order valence-corrected chi connectivity index (χ3v) is 3.19. The van der Waals surface area contributed by atoms with E-state index in [1.807, 2.05) is 0 Å². The van der Waals surface area contributed by atoms with Crippen molar-refractivity contribution in [2.24, 2.45) is 0 Å². The summed E-state index contributed by atoms with van der Waals surface area (Å²) in [4.78, 5) is 29.7. The van der Waals surface area contributed by atoms with E-state index in [0.29, 0.717) is 17.4 Å². The van der Waals surface area contributed by atoms with E-state index in [4.69, 9.17) is 5.11 Å². The highest BCUT2D eigenvalue weighted by molar-refractivity contribution is 5.87. The maximum absolute atomic E-state index is 11.2. The molecule has 1 heterocycles. The third kappa shape index (κ3) is 3.00. The molecule has 8 nitrogen and oxygen atoms in total. The highest BCUT2D eigenvalue weighted by Gasteiger charge is 2.23. The van der Waals surface area contributed by atoms with Gasteiger partial charge in [-0.3, -0.25) is 10.1 Å². The van der Waals surface area contributed by atoms with Gasteiger partial charge in [-0.25, -0.2) is 14.8 Å². The van der Waals surface area contributed by atoms with Crippen molar-refractivity contribution in [2.75, 3.05) is 5.32 Å². The lowest BCUT2D eigenvalue weighted by molar-refractivity contribution is -0.384. The van der Waals surface area contributed by atoms with E-state index in [0.717, 1.165) is 12.8 Å². The number of non-ortho nitro benzene ring substituents is 1. The average molecular weight is 300 g/mol. The largest absolute Gasteiger partial charge is 0.477 e. The second kappa shape index (κ2) is 5.40. The first kappa shape index (κ1) is 13.9. The predicted octanol–water partition coefficient (Wildman–Crippen LogP) is 2.32. The van der Waals surface area contributed by atoms with Gasteiger partial charge in [-0.05, 0) is 12.8 Å². The van der Waals surface area contributed by atoms with Gasteiger partial charge < -0.3 is 10.4 Å². The summed E-state index contributed by atoms with van der Waals surface area (Å²) in [7, 11) is 0. The molecule has 0 amide bonds. The van der Waals surface area contributed by atoms with Crippen molar-refractivity contribution < 1.29 is 14.8 Å². The summed E-state index contributed by atoms with van der Waals surface area (Å²) in [5.74, 6) is -0.615. The first-order valence-electron chi connectivity index (χ1n) is 6.66. The van der Waals surface area contributed by atoms with Crippen LogP contribution in [0.1, 0.15) is 23.3 Å². The Morgan fingerprint density at radius 1 is 1.32 bits per heavy atom. The molecule has 112 valence electrons. The highest BCUT2D eigenvalue weighted by atomic mass is 16.6. The summed E-state index contributed by atoms with van der Waals surface area (Å²) >= 11 is 0. The van der Waals surface area contributed by atoms with Gasteiger partial charge in [0, 0.05) is 29.8 Å². The van der Waals surface area contributed by atoms with Crippen molar-refractivity contribution >= 4 is 17.5 Å². The molecule has 0 aliphatic heterocycles. The van der Waals surface area contributed by atoms with Gasteiger partial charge >= 0.3 is 5.97 Å². The van der Waals surface area contributed by atoms with Crippen molar-refractivity contribution in [2.45, 2.75) is 18.9 Å². The van der Waals surface area contributed by atoms with Crippen molar-refractivity contribution in [3.8, 4) is 11.4 Å². The molecule has 0 atom stereocenters. The van der Waals surface area contributed by atoms with Crippen LogP contribution in [0.25, 0.3) is 11.4 Å². The van der Waals surface area contributed by atoms with Gasteiger partial charge in [0.2, 0.25) is 0 Å². The van der Waals surface area contributed by atoms with E-state index >= 15 is 0 Å². The number of anilines is 1. The van der Waals surface area contributed by atoms with E-state index < -0.39 is 10.9 Å². The molecule has 0 bridgehead atoms. The summed E-state index contributed by atoms with van der Waals surface area (Å²) in [6.45, 7) is 0. The summed E-state index contributed by atoms with van der Waals surface area (Å²) in [5.41, 5.74) is 0.148. The van der Waals surface area contributed by atoms with Crippen LogP contribution in [0.15, 0.2) is 30.3 Å². The Bertz CT molecular complexity index is 758. The fourth-order valence-corrected chi connectivity index (χ4v) is 1.96. The van der Waals surface area contributed by atoms with E-state index in [2.05, 4.69) is 15.3 Å². The van der Waals surface area contributed by atoms with Crippen LogP contribution in [0, 0.1) is 10.1 Å². The minimum absolute atomic E-state index is 0.0986. The Hall–Kier alpha value is -3.03. The maximum atomic E-state index is 11.2. The highest BCUT2D eigenvalue weighted by Crippen LogP contribution is 2.26. The van der Waals surface area contributed by atoms with Crippen LogP contribution >= 0.6 is 0 Å². The quantitative estimate of drug-likeness (QED) is 0.642. The normalized spacial score (nSPS) is 13.6. The molecule has 1 saturated carbocycles. The topological polar surface area (TPSA) is 118 Å². The Morgan fingerprint density at radius 3 is 2.73 bits per heavy atom. The molecule has 1 aliphatic carbocycles. The summed E-state index contributed by atoms with van der Waals surface area (Å²) in [6, 6.07) is 7.46. The Balaban J connectivity index is 2.04. The fourth-order valence-electron chi connectivity index (χ4n) is 1.96. The number of nitro benzene ring substituents is 1. The molecule has 0 saturated heterocycles. The van der Waals surface area contributed by atoms with Gasteiger partial charge in [0.1, 0.15) is 5.82 Å². The number of aromatic carboxylic acids is 1. The van der Waals surface area contributed by atoms with E-state index in [-0.39, 0.29) is 17.2 Å². The average Bonchev–Trinajstić information content (AvgIpc) is 3.31. The van der Waals surface area contributed by atoms with Gasteiger partial charge in [0.25, 0.3) is 5.69 Å². The zero-order chi connectivity index (χ0) is 15.7. The minimum atomic E-state index is -1.17. The second-order valence-corrected chi connectivity index (χ2v) is 4.99. The molecule has 1 aromatic carbocycles. The molecule has 1 aliphatic rings. The number of rotatable bonds is 5. The number of carbonyl (C=O) groups is 1. The first-order chi connectivity index (χ1) is 10.5. The van der Waals surface area contributed by atoms with Crippen LogP contribution in [0.5, 0.6) is 0 Å².